The molecule has 1 aliphatic rings. The lowest BCUT2D eigenvalue weighted by Gasteiger charge is -2.04. The van der Waals surface area contributed by atoms with Crippen molar-refractivity contribution in [2.45, 2.75) is 6.42 Å². The monoisotopic (exact) mass is 207 g/mol. The summed E-state index contributed by atoms with van der Waals surface area (Å²) in [6.45, 7) is 0. The highest BCUT2D eigenvalue weighted by Gasteiger charge is 2.18. The Hall–Kier alpha value is -2.04. The van der Waals surface area contributed by atoms with Crippen LogP contribution in [0.5, 0.6) is 5.75 Å². The van der Waals surface area contributed by atoms with E-state index >= 15 is 0 Å². The molecule has 1 aliphatic heterocycles. The molecule has 15 heavy (non-hydrogen) atoms. The Balaban J connectivity index is 2.20. The molecule has 0 fully saturated rings. The first-order valence-corrected chi connectivity index (χ1v) is 4.37. The molecule has 2 rings (SSSR count). The van der Waals surface area contributed by atoms with Gasteiger partial charge in [0.15, 0.2) is 0 Å². The molecule has 78 valence electrons. The maximum absolute atomic E-state index is 11.0. The van der Waals surface area contributed by atoms with Crippen molar-refractivity contribution in [2.24, 2.45) is 0 Å². The summed E-state index contributed by atoms with van der Waals surface area (Å²) in [5.74, 6) is 0.294. The molecule has 0 atom stereocenters. The van der Waals surface area contributed by atoms with Crippen LogP contribution in [0.4, 0.5) is 10.5 Å². The Labute approximate surface area is 86.0 Å². The van der Waals surface area contributed by atoms with Crippen molar-refractivity contribution >= 4 is 17.7 Å². The van der Waals surface area contributed by atoms with Crippen LogP contribution in [0.3, 0.4) is 0 Å². The van der Waals surface area contributed by atoms with E-state index in [0.29, 0.717) is 17.9 Å². The highest BCUT2D eigenvalue weighted by atomic mass is 16.7. The van der Waals surface area contributed by atoms with Crippen molar-refractivity contribution in [3.8, 4) is 5.75 Å². The predicted molar refractivity (Wildman–Crippen MR) is 51.8 cm³/mol. The van der Waals surface area contributed by atoms with Gasteiger partial charge in [-0.3, -0.25) is 4.79 Å². The molecule has 5 heteroatoms. The zero-order valence-electron chi connectivity index (χ0n) is 8.07. The molecule has 0 unspecified atom stereocenters. The normalized spacial score (nSPS) is 13.0. The third-order valence-corrected chi connectivity index (χ3v) is 2.07. The number of hydrogen-bond donors (Lipinski definition) is 1. The standard InChI is InChI=1S/C10H9NO4/c1-14-10(13)15-7-3-2-6-4-9(12)11-8(6)5-7/h2-3,5H,4H2,1H3,(H,11,12). The minimum Gasteiger partial charge on any atom is -0.437 e. The van der Waals surface area contributed by atoms with Crippen molar-refractivity contribution < 1.29 is 19.1 Å². The van der Waals surface area contributed by atoms with Crippen molar-refractivity contribution in [3.63, 3.8) is 0 Å². The van der Waals surface area contributed by atoms with E-state index in [9.17, 15) is 9.59 Å². The first-order chi connectivity index (χ1) is 7.19. The molecule has 0 radical (unpaired) electrons. The summed E-state index contributed by atoms with van der Waals surface area (Å²) in [4.78, 5) is 21.9. The van der Waals surface area contributed by atoms with E-state index in [1.165, 1.54) is 7.11 Å². The Kier molecular flexibility index (Phi) is 2.29. The molecule has 0 aliphatic carbocycles. The molecule has 0 spiro atoms. The van der Waals surface area contributed by atoms with Gasteiger partial charge in [0.1, 0.15) is 5.75 Å². The van der Waals surface area contributed by atoms with Crippen LogP contribution in [-0.4, -0.2) is 19.2 Å². The zero-order chi connectivity index (χ0) is 10.8. The quantitative estimate of drug-likeness (QED) is 0.557. The lowest BCUT2D eigenvalue weighted by molar-refractivity contribution is -0.115. The minimum atomic E-state index is -0.778. The number of carbonyl (C=O) groups excluding carboxylic acids is 2. The van der Waals surface area contributed by atoms with Crippen LogP contribution in [-0.2, 0) is 16.0 Å². The first-order valence-electron chi connectivity index (χ1n) is 4.37. The lowest BCUT2D eigenvalue weighted by Crippen LogP contribution is -2.07. The molecular weight excluding hydrogens is 198 g/mol. The number of amides is 1. The van der Waals surface area contributed by atoms with Crippen molar-refractivity contribution in [1.82, 2.24) is 0 Å². The van der Waals surface area contributed by atoms with Gasteiger partial charge in [-0.05, 0) is 11.6 Å². The third kappa shape index (κ3) is 1.90. The van der Waals surface area contributed by atoms with Crippen molar-refractivity contribution in [2.75, 3.05) is 12.4 Å². The van der Waals surface area contributed by atoms with Gasteiger partial charge in [0, 0.05) is 11.8 Å². The topological polar surface area (TPSA) is 64.6 Å². The largest absolute Gasteiger partial charge is 0.513 e. The summed E-state index contributed by atoms with van der Waals surface area (Å²) in [7, 11) is 1.23. The second kappa shape index (κ2) is 3.61. The first kappa shape index (κ1) is 9.51. The summed E-state index contributed by atoms with van der Waals surface area (Å²) >= 11 is 0. The zero-order valence-corrected chi connectivity index (χ0v) is 8.07. The maximum atomic E-state index is 11.0. The van der Waals surface area contributed by atoms with E-state index < -0.39 is 6.16 Å². The van der Waals surface area contributed by atoms with Crippen LogP contribution in [0.25, 0.3) is 0 Å². The van der Waals surface area contributed by atoms with Crippen molar-refractivity contribution in [1.29, 1.82) is 0 Å². The fourth-order valence-electron chi connectivity index (χ4n) is 1.39. The number of ether oxygens (including phenoxy) is 2. The summed E-state index contributed by atoms with van der Waals surface area (Å²) in [5.41, 5.74) is 1.58. The van der Waals surface area contributed by atoms with Crippen LogP contribution in [0.15, 0.2) is 18.2 Å². The smallest absolute Gasteiger partial charge is 0.437 e. The molecule has 0 aromatic heterocycles. The van der Waals surface area contributed by atoms with E-state index in [1.807, 2.05) is 0 Å². The summed E-state index contributed by atoms with van der Waals surface area (Å²) in [6.07, 6.45) is -0.410. The van der Waals surface area contributed by atoms with Gasteiger partial charge in [0.25, 0.3) is 0 Å². The number of rotatable bonds is 1. The number of methoxy groups -OCH3 is 1. The lowest BCUT2D eigenvalue weighted by atomic mass is 10.1. The van der Waals surface area contributed by atoms with E-state index in [1.54, 1.807) is 18.2 Å². The van der Waals surface area contributed by atoms with Gasteiger partial charge in [-0.2, -0.15) is 0 Å². The van der Waals surface area contributed by atoms with E-state index in [4.69, 9.17) is 4.74 Å². The maximum Gasteiger partial charge on any atom is 0.513 e. The summed E-state index contributed by atoms with van der Waals surface area (Å²) in [6, 6.07) is 4.96. The number of fused-ring (bicyclic) bond motifs is 1. The fourth-order valence-corrected chi connectivity index (χ4v) is 1.39. The number of benzene rings is 1. The Morgan fingerprint density at radius 1 is 1.47 bits per heavy atom. The van der Waals surface area contributed by atoms with Gasteiger partial charge in [-0.25, -0.2) is 4.79 Å². The molecule has 1 N–H and O–H groups in total. The van der Waals surface area contributed by atoms with Gasteiger partial charge in [-0.15, -0.1) is 0 Å². The molecule has 1 aromatic rings. The highest BCUT2D eigenvalue weighted by molar-refractivity contribution is 5.99. The van der Waals surface area contributed by atoms with Gasteiger partial charge in [0.2, 0.25) is 5.91 Å². The Morgan fingerprint density at radius 3 is 3.00 bits per heavy atom. The van der Waals surface area contributed by atoms with Crippen LogP contribution in [0, 0.1) is 0 Å². The number of hydrogen-bond acceptors (Lipinski definition) is 4. The minimum absolute atomic E-state index is 0.0554. The number of anilines is 1. The second-order valence-corrected chi connectivity index (χ2v) is 3.10. The molecule has 1 heterocycles. The molecular formula is C10H9NO4. The summed E-state index contributed by atoms with van der Waals surface area (Å²) in [5, 5.41) is 2.66. The highest BCUT2D eigenvalue weighted by Crippen LogP contribution is 2.27. The summed E-state index contributed by atoms with van der Waals surface area (Å²) < 4.78 is 9.16. The van der Waals surface area contributed by atoms with Crippen LogP contribution in [0.1, 0.15) is 5.56 Å². The Morgan fingerprint density at radius 2 is 2.27 bits per heavy atom. The van der Waals surface area contributed by atoms with E-state index in [-0.39, 0.29) is 5.91 Å². The van der Waals surface area contributed by atoms with Gasteiger partial charge in [-0.1, -0.05) is 6.07 Å². The fraction of sp³-hybridized carbons (Fsp3) is 0.200. The van der Waals surface area contributed by atoms with E-state index in [0.717, 1.165) is 5.56 Å². The average molecular weight is 207 g/mol. The molecule has 5 nitrogen and oxygen atoms in total. The third-order valence-electron chi connectivity index (χ3n) is 2.07. The van der Waals surface area contributed by atoms with Gasteiger partial charge in [0.05, 0.1) is 13.5 Å². The number of carbonyl (C=O) groups is 2. The molecule has 0 bridgehead atoms. The van der Waals surface area contributed by atoms with Crippen LogP contribution < -0.4 is 10.1 Å². The molecule has 0 saturated heterocycles. The van der Waals surface area contributed by atoms with Gasteiger partial charge >= 0.3 is 6.16 Å². The van der Waals surface area contributed by atoms with E-state index in [2.05, 4.69) is 10.1 Å². The number of nitrogens with one attached hydrogen (secondary N) is 1. The van der Waals surface area contributed by atoms with Gasteiger partial charge < -0.3 is 14.8 Å². The average Bonchev–Trinajstić information content (AvgIpc) is 2.57. The molecule has 1 amide bonds. The Bertz CT molecular complexity index is 427. The second-order valence-electron chi connectivity index (χ2n) is 3.10. The van der Waals surface area contributed by atoms with Crippen LogP contribution >= 0.6 is 0 Å². The molecule has 0 saturated carbocycles. The van der Waals surface area contributed by atoms with Crippen molar-refractivity contribution in [3.05, 3.63) is 23.8 Å². The molecule has 1 aromatic carbocycles. The predicted octanol–water partition coefficient (Wildman–Crippen LogP) is 1.33. The SMILES string of the molecule is COC(=O)Oc1ccc2c(c1)NC(=O)C2. The van der Waals surface area contributed by atoms with Crippen LogP contribution in [0.2, 0.25) is 0 Å².